The van der Waals surface area contributed by atoms with Crippen LogP contribution in [0.5, 0.6) is 0 Å². The summed E-state index contributed by atoms with van der Waals surface area (Å²) in [6, 6.07) is 77.2. The molecule has 0 heteroatoms. The van der Waals surface area contributed by atoms with Gasteiger partial charge in [-0.3, -0.25) is 0 Å². The Kier molecular flexibility index (Phi) is 6.36. The Morgan fingerprint density at radius 2 is 0.727 bits per heavy atom. The van der Waals surface area contributed by atoms with Gasteiger partial charge in [0.1, 0.15) is 0 Å². The van der Waals surface area contributed by atoms with E-state index in [-0.39, 0.29) is 0 Å². The first-order valence-corrected chi connectivity index (χ1v) is 19.2. The van der Waals surface area contributed by atoms with Crippen LogP contribution in [0.2, 0.25) is 0 Å². The van der Waals surface area contributed by atoms with Crippen molar-refractivity contribution in [1.82, 2.24) is 0 Å². The minimum atomic E-state index is -0.414. The topological polar surface area (TPSA) is 0 Å². The molecule has 0 aliphatic heterocycles. The predicted octanol–water partition coefficient (Wildman–Crippen LogP) is 14.6. The van der Waals surface area contributed by atoms with Crippen LogP contribution < -0.4 is 0 Å². The Bertz CT molecular complexity index is 3190. The number of benzene rings is 11. The van der Waals surface area contributed by atoms with Crippen LogP contribution in [-0.2, 0) is 5.41 Å². The van der Waals surface area contributed by atoms with Gasteiger partial charge in [0.25, 0.3) is 0 Å². The van der Waals surface area contributed by atoms with Crippen LogP contribution in [0.4, 0.5) is 0 Å². The Morgan fingerprint density at radius 3 is 1.35 bits per heavy atom. The van der Waals surface area contributed by atoms with E-state index in [1.807, 2.05) is 0 Å². The van der Waals surface area contributed by atoms with Gasteiger partial charge >= 0.3 is 0 Å². The lowest BCUT2D eigenvalue weighted by Crippen LogP contribution is -2.28. The van der Waals surface area contributed by atoms with E-state index in [1.165, 1.54) is 109 Å². The van der Waals surface area contributed by atoms with E-state index in [0.717, 1.165) is 0 Å². The molecule has 0 nitrogen and oxygen atoms in total. The number of hydrogen-bond donors (Lipinski definition) is 0. The van der Waals surface area contributed by atoms with Crippen molar-refractivity contribution >= 4 is 53.9 Å². The molecule has 254 valence electrons. The average molecular weight is 695 g/mol. The standard InChI is InChI=1S/C55H34/c1-3-16-43(17-4-1)55(44-18-5-2-6-19-44)51-24-10-9-21-48(51)50-34-49-36(33-52(50)55)15-12-23-47(49)42-31-39-27-25-37-29-41(30-38-26-28-40(32-42)54(39)53(37)38)46-22-11-14-35-13-7-8-20-45(35)46/h1-34H. The summed E-state index contributed by atoms with van der Waals surface area (Å²) in [5.74, 6) is 0. The van der Waals surface area contributed by atoms with Gasteiger partial charge in [0, 0.05) is 0 Å². The molecular weight excluding hydrogens is 661 g/mol. The molecule has 0 unspecified atom stereocenters. The molecule has 1 aliphatic rings. The molecule has 0 radical (unpaired) electrons. The predicted molar refractivity (Wildman–Crippen MR) is 233 cm³/mol. The summed E-state index contributed by atoms with van der Waals surface area (Å²) < 4.78 is 0. The summed E-state index contributed by atoms with van der Waals surface area (Å²) in [4.78, 5) is 0. The summed E-state index contributed by atoms with van der Waals surface area (Å²) in [6.07, 6.45) is 0. The molecule has 0 spiro atoms. The fourth-order valence-corrected chi connectivity index (χ4v) is 10.1. The summed E-state index contributed by atoms with van der Waals surface area (Å²) in [5.41, 5.74) is 12.5. The normalized spacial score (nSPS) is 13.2. The van der Waals surface area contributed by atoms with Crippen molar-refractivity contribution in [2.45, 2.75) is 5.41 Å². The van der Waals surface area contributed by atoms with E-state index in [2.05, 4.69) is 206 Å². The number of fused-ring (bicyclic) bond motifs is 5. The molecule has 0 aromatic heterocycles. The highest BCUT2D eigenvalue weighted by atomic mass is 14.5. The zero-order valence-corrected chi connectivity index (χ0v) is 30.1. The molecule has 1 aliphatic carbocycles. The third-order valence-electron chi connectivity index (χ3n) is 12.4. The molecule has 0 amide bonds. The highest BCUT2D eigenvalue weighted by Gasteiger charge is 2.46. The number of rotatable bonds is 4. The second-order valence-corrected chi connectivity index (χ2v) is 15.2. The first-order valence-electron chi connectivity index (χ1n) is 19.2. The van der Waals surface area contributed by atoms with E-state index in [4.69, 9.17) is 0 Å². The van der Waals surface area contributed by atoms with Gasteiger partial charge in [-0.05, 0) is 146 Å². The van der Waals surface area contributed by atoms with Crippen molar-refractivity contribution in [3.63, 3.8) is 0 Å². The quantitative estimate of drug-likeness (QED) is 0.161. The van der Waals surface area contributed by atoms with Gasteiger partial charge in [-0.2, -0.15) is 0 Å². The zero-order chi connectivity index (χ0) is 36.1. The van der Waals surface area contributed by atoms with Crippen molar-refractivity contribution in [1.29, 1.82) is 0 Å². The first kappa shape index (κ1) is 30.4. The maximum absolute atomic E-state index is 2.48. The minimum absolute atomic E-state index is 0.414. The van der Waals surface area contributed by atoms with Gasteiger partial charge in [-0.1, -0.05) is 170 Å². The van der Waals surface area contributed by atoms with Crippen molar-refractivity contribution in [3.8, 4) is 33.4 Å². The van der Waals surface area contributed by atoms with Gasteiger partial charge in [-0.15, -0.1) is 0 Å². The molecule has 0 bridgehead atoms. The van der Waals surface area contributed by atoms with Crippen molar-refractivity contribution in [2.75, 3.05) is 0 Å². The largest absolute Gasteiger partial charge is 0.0713 e. The molecule has 12 rings (SSSR count). The maximum atomic E-state index is 2.48. The fourth-order valence-electron chi connectivity index (χ4n) is 10.1. The molecule has 0 fully saturated rings. The fraction of sp³-hybridized carbons (Fsp3) is 0.0182. The second kappa shape index (κ2) is 11.5. The van der Waals surface area contributed by atoms with Crippen LogP contribution in [0, 0.1) is 0 Å². The highest BCUT2D eigenvalue weighted by Crippen LogP contribution is 2.57. The van der Waals surface area contributed by atoms with Gasteiger partial charge < -0.3 is 0 Å². The lowest BCUT2D eigenvalue weighted by atomic mass is 9.67. The van der Waals surface area contributed by atoms with Crippen LogP contribution in [-0.4, -0.2) is 0 Å². The molecule has 0 atom stereocenters. The Morgan fingerprint density at radius 1 is 0.255 bits per heavy atom. The molecule has 0 saturated heterocycles. The SMILES string of the molecule is c1ccc(C2(c3ccccc3)c3ccccc3-c3cc4c(-c5cc6ccc7cc(-c8cccc9ccccc89)cc8ccc(c5)c6c78)cccc4cc32)cc1. The number of hydrogen-bond acceptors (Lipinski definition) is 0. The van der Waals surface area contributed by atoms with Crippen LogP contribution in [0.15, 0.2) is 206 Å². The Labute approximate surface area is 319 Å². The van der Waals surface area contributed by atoms with Crippen molar-refractivity contribution in [3.05, 3.63) is 229 Å². The Balaban J connectivity index is 1.06. The van der Waals surface area contributed by atoms with E-state index < -0.39 is 5.41 Å². The van der Waals surface area contributed by atoms with E-state index in [1.54, 1.807) is 0 Å². The summed E-state index contributed by atoms with van der Waals surface area (Å²) >= 11 is 0. The maximum Gasteiger partial charge on any atom is 0.0713 e. The van der Waals surface area contributed by atoms with E-state index >= 15 is 0 Å². The van der Waals surface area contributed by atoms with Gasteiger partial charge in [0.2, 0.25) is 0 Å². The van der Waals surface area contributed by atoms with Crippen molar-refractivity contribution < 1.29 is 0 Å². The smallest absolute Gasteiger partial charge is 0.0622 e. The molecule has 0 saturated carbocycles. The van der Waals surface area contributed by atoms with Gasteiger partial charge in [0.05, 0.1) is 5.41 Å². The summed E-state index contributed by atoms with van der Waals surface area (Å²) in [6.45, 7) is 0. The third-order valence-corrected chi connectivity index (χ3v) is 12.4. The zero-order valence-electron chi connectivity index (χ0n) is 30.1. The molecule has 0 heterocycles. The van der Waals surface area contributed by atoms with Crippen LogP contribution in [0.25, 0.3) is 87.2 Å². The van der Waals surface area contributed by atoms with Crippen LogP contribution >= 0.6 is 0 Å². The third kappa shape index (κ3) is 4.28. The molecule has 55 heavy (non-hydrogen) atoms. The monoisotopic (exact) mass is 694 g/mol. The van der Waals surface area contributed by atoms with Crippen LogP contribution in [0.3, 0.4) is 0 Å². The van der Waals surface area contributed by atoms with Crippen LogP contribution in [0.1, 0.15) is 22.3 Å². The summed E-state index contributed by atoms with van der Waals surface area (Å²) in [7, 11) is 0. The molecule has 11 aromatic carbocycles. The second-order valence-electron chi connectivity index (χ2n) is 15.2. The lowest BCUT2D eigenvalue weighted by Gasteiger charge is -2.34. The molecule has 0 N–H and O–H groups in total. The van der Waals surface area contributed by atoms with E-state index in [9.17, 15) is 0 Å². The van der Waals surface area contributed by atoms with Crippen molar-refractivity contribution in [2.24, 2.45) is 0 Å². The highest BCUT2D eigenvalue weighted by molar-refractivity contribution is 6.25. The minimum Gasteiger partial charge on any atom is -0.0622 e. The van der Waals surface area contributed by atoms with Gasteiger partial charge in [-0.25, -0.2) is 0 Å². The molecular formula is C55H34. The Hall–Kier alpha value is -7.02. The first-order chi connectivity index (χ1) is 27.3. The lowest BCUT2D eigenvalue weighted by molar-refractivity contribution is 0.769. The molecule has 11 aromatic rings. The van der Waals surface area contributed by atoms with E-state index in [0.29, 0.717) is 0 Å². The van der Waals surface area contributed by atoms with Gasteiger partial charge in [0.15, 0.2) is 0 Å². The summed E-state index contributed by atoms with van der Waals surface area (Å²) in [5, 5.41) is 12.9. The average Bonchev–Trinajstić information content (AvgIpc) is 3.54.